The van der Waals surface area contributed by atoms with Crippen LogP contribution in [0.2, 0.25) is 0 Å². The lowest BCUT2D eigenvalue weighted by Crippen LogP contribution is -2.32. The van der Waals surface area contributed by atoms with E-state index in [9.17, 15) is 13.6 Å². The molecule has 0 radical (unpaired) electrons. The summed E-state index contributed by atoms with van der Waals surface area (Å²) in [5, 5.41) is 10.3. The number of carbonyl (C=O) groups is 1. The number of nitrogen functional groups attached to an aromatic ring is 1. The van der Waals surface area contributed by atoms with E-state index in [1.54, 1.807) is 49.4 Å². The van der Waals surface area contributed by atoms with Gasteiger partial charge in [0.05, 0.1) is 12.7 Å². The van der Waals surface area contributed by atoms with Crippen molar-refractivity contribution in [1.82, 2.24) is 5.32 Å². The summed E-state index contributed by atoms with van der Waals surface area (Å²) < 4.78 is 45.3. The third kappa shape index (κ3) is 6.91. The van der Waals surface area contributed by atoms with Crippen LogP contribution in [0.3, 0.4) is 0 Å². The van der Waals surface area contributed by atoms with Crippen LogP contribution in [-0.2, 0) is 16.1 Å². The monoisotopic (exact) mass is 505 g/mol. The van der Waals surface area contributed by atoms with Crippen molar-refractivity contribution in [2.45, 2.75) is 19.6 Å². The van der Waals surface area contributed by atoms with Gasteiger partial charge in [0, 0.05) is 36.4 Å². The van der Waals surface area contributed by atoms with E-state index in [1.165, 1.54) is 7.11 Å². The van der Waals surface area contributed by atoms with Gasteiger partial charge in [-0.2, -0.15) is 0 Å². The minimum Gasteiger partial charge on any atom is -0.497 e. The van der Waals surface area contributed by atoms with E-state index in [0.29, 0.717) is 22.6 Å². The summed E-state index contributed by atoms with van der Waals surface area (Å²) in [6.45, 7) is 1.65. The number of methoxy groups -OCH3 is 1. The van der Waals surface area contributed by atoms with Gasteiger partial charge in [-0.3, -0.25) is 10.2 Å². The Hall–Kier alpha value is -3.69. The maximum atomic E-state index is 14.6. The quantitative estimate of drug-likeness (QED) is 0.269. The molecule has 186 valence electrons. The number of hydrogen-bond acceptors (Lipinski definition) is 5. The molecule has 0 aliphatic carbocycles. The molecule has 0 bridgehead atoms. The third-order valence-electron chi connectivity index (χ3n) is 4.92. The lowest BCUT2D eigenvalue weighted by molar-refractivity contribution is -0.133. The molecular formula is C25H26ClF2N3O4. The molecule has 7 nitrogen and oxygen atoms in total. The fourth-order valence-electron chi connectivity index (χ4n) is 3.24. The number of nitrogens with two attached hydrogens (primary N) is 1. The van der Waals surface area contributed by atoms with Crippen LogP contribution in [0.25, 0.3) is 0 Å². The molecule has 1 amide bonds. The van der Waals surface area contributed by atoms with Crippen molar-refractivity contribution in [3.63, 3.8) is 0 Å². The van der Waals surface area contributed by atoms with Crippen molar-refractivity contribution in [3.8, 4) is 17.2 Å². The Morgan fingerprint density at radius 3 is 2.29 bits per heavy atom. The van der Waals surface area contributed by atoms with Crippen LogP contribution in [-0.4, -0.2) is 25.5 Å². The summed E-state index contributed by atoms with van der Waals surface area (Å²) >= 11 is 0. The Morgan fingerprint density at radius 1 is 1.06 bits per heavy atom. The molecule has 3 aromatic carbocycles. The first-order valence-electron chi connectivity index (χ1n) is 10.5. The number of halogens is 3. The molecule has 0 heterocycles. The highest BCUT2D eigenvalue weighted by Gasteiger charge is 2.28. The summed E-state index contributed by atoms with van der Waals surface area (Å²) in [4.78, 5) is 12.9. The molecule has 0 spiro atoms. The summed E-state index contributed by atoms with van der Waals surface area (Å²) in [5.74, 6) is -1.88. The third-order valence-corrected chi connectivity index (χ3v) is 4.92. The van der Waals surface area contributed by atoms with Gasteiger partial charge in [-0.25, -0.2) is 8.78 Å². The zero-order valence-electron chi connectivity index (χ0n) is 19.1. The van der Waals surface area contributed by atoms with Crippen LogP contribution in [0.1, 0.15) is 29.7 Å². The van der Waals surface area contributed by atoms with Gasteiger partial charge in [-0.1, -0.05) is 30.3 Å². The number of rotatable bonds is 10. The van der Waals surface area contributed by atoms with Crippen molar-refractivity contribution in [2.75, 3.05) is 13.7 Å². The Bertz CT molecular complexity index is 1160. The number of carbonyl (C=O) groups excluding carboxylic acids is 1. The van der Waals surface area contributed by atoms with E-state index in [2.05, 4.69) is 5.32 Å². The van der Waals surface area contributed by atoms with Crippen LogP contribution >= 0.6 is 12.4 Å². The van der Waals surface area contributed by atoms with Crippen molar-refractivity contribution in [3.05, 3.63) is 89.0 Å². The van der Waals surface area contributed by atoms with Crippen LogP contribution < -0.4 is 20.5 Å². The topological polar surface area (TPSA) is 107 Å². The highest BCUT2D eigenvalue weighted by atomic mass is 35.5. The van der Waals surface area contributed by atoms with E-state index in [1.807, 2.05) is 6.07 Å². The molecule has 0 aliphatic rings. The molecule has 0 saturated carbocycles. The van der Waals surface area contributed by atoms with Crippen LogP contribution in [0, 0.1) is 17.0 Å². The van der Waals surface area contributed by atoms with Crippen molar-refractivity contribution in [1.29, 1.82) is 5.41 Å². The highest BCUT2D eigenvalue weighted by molar-refractivity contribution is 5.95. The summed E-state index contributed by atoms with van der Waals surface area (Å²) in [6, 6.07) is 15.8. The maximum absolute atomic E-state index is 14.6. The van der Waals surface area contributed by atoms with E-state index in [-0.39, 0.29) is 37.1 Å². The minimum absolute atomic E-state index is 0. The number of amidine groups is 1. The molecule has 0 fully saturated rings. The second kappa shape index (κ2) is 12.7. The molecule has 0 saturated heterocycles. The first-order valence-corrected chi connectivity index (χ1v) is 10.5. The number of para-hydroxylation sites is 1. The minimum atomic E-state index is -1.51. The summed E-state index contributed by atoms with van der Waals surface area (Å²) in [5.41, 5.74) is 6.09. The predicted molar refractivity (Wildman–Crippen MR) is 130 cm³/mol. The first kappa shape index (κ1) is 27.6. The number of hydrogen-bond donors (Lipinski definition) is 3. The smallest absolute Gasteiger partial charge is 0.254 e. The number of nitrogens with one attached hydrogen (secondary N) is 2. The fraction of sp³-hybridized carbons (Fsp3) is 0.200. The van der Waals surface area contributed by atoms with Gasteiger partial charge in [-0.05, 0) is 25.1 Å². The van der Waals surface area contributed by atoms with Crippen LogP contribution in [0.5, 0.6) is 17.2 Å². The van der Waals surface area contributed by atoms with Gasteiger partial charge in [0.15, 0.2) is 6.10 Å². The zero-order valence-corrected chi connectivity index (χ0v) is 20.0. The van der Waals surface area contributed by atoms with Gasteiger partial charge in [0.1, 0.15) is 34.7 Å². The van der Waals surface area contributed by atoms with Gasteiger partial charge in [-0.15, -0.1) is 12.4 Å². The normalized spacial score (nSPS) is 11.2. The van der Waals surface area contributed by atoms with E-state index < -0.39 is 29.2 Å². The Balaban J connectivity index is 0.00000432. The number of amides is 1. The molecule has 0 aliphatic heterocycles. The summed E-state index contributed by atoms with van der Waals surface area (Å²) in [6.07, 6.45) is -1.51. The molecular weight excluding hydrogens is 480 g/mol. The average molecular weight is 506 g/mol. The second-order valence-electron chi connectivity index (χ2n) is 7.21. The number of benzene rings is 3. The molecule has 10 heteroatoms. The van der Waals surface area contributed by atoms with Gasteiger partial charge in [0.25, 0.3) is 5.91 Å². The SMILES string of the molecule is CCOC(C(=O)NCc1ccc(C(=N)N)cc1Oc1ccccc1)c1c(F)cc(OC)cc1F.Cl. The van der Waals surface area contributed by atoms with Crippen LogP contribution in [0.15, 0.2) is 60.7 Å². The maximum Gasteiger partial charge on any atom is 0.254 e. The van der Waals surface area contributed by atoms with Crippen molar-refractivity contribution in [2.24, 2.45) is 5.73 Å². The number of ether oxygens (including phenoxy) is 3. The Morgan fingerprint density at radius 2 is 1.71 bits per heavy atom. The van der Waals surface area contributed by atoms with Crippen molar-refractivity contribution < 1.29 is 27.8 Å². The second-order valence-corrected chi connectivity index (χ2v) is 7.21. The molecule has 3 rings (SSSR count). The average Bonchev–Trinajstić information content (AvgIpc) is 2.82. The molecule has 4 N–H and O–H groups in total. The van der Waals surface area contributed by atoms with E-state index in [0.717, 1.165) is 12.1 Å². The van der Waals surface area contributed by atoms with Crippen molar-refractivity contribution >= 4 is 24.1 Å². The summed E-state index contributed by atoms with van der Waals surface area (Å²) in [7, 11) is 1.28. The largest absolute Gasteiger partial charge is 0.497 e. The molecule has 35 heavy (non-hydrogen) atoms. The molecule has 1 unspecified atom stereocenters. The van der Waals surface area contributed by atoms with Gasteiger partial charge < -0.3 is 25.3 Å². The van der Waals surface area contributed by atoms with Gasteiger partial charge >= 0.3 is 0 Å². The standard InChI is InChI=1S/C25H25F2N3O4.ClH/c1-3-33-23(22-19(26)12-18(32-2)13-20(22)27)25(31)30-14-16-10-9-15(24(28)29)11-21(16)34-17-7-5-4-6-8-17;/h4-13,23H,3,14H2,1-2H3,(H3,28,29)(H,30,31);1H. The molecule has 0 aromatic heterocycles. The predicted octanol–water partition coefficient (Wildman–Crippen LogP) is 4.87. The lowest BCUT2D eigenvalue weighted by Gasteiger charge is -2.20. The Labute approximate surface area is 208 Å². The fourth-order valence-corrected chi connectivity index (χ4v) is 3.24. The zero-order chi connectivity index (χ0) is 24.7. The Kier molecular flexibility index (Phi) is 9.98. The van der Waals surface area contributed by atoms with E-state index >= 15 is 0 Å². The molecule has 1 atom stereocenters. The molecule has 3 aromatic rings. The first-order chi connectivity index (χ1) is 16.3. The van der Waals surface area contributed by atoms with Crippen LogP contribution in [0.4, 0.5) is 8.78 Å². The van der Waals surface area contributed by atoms with Gasteiger partial charge in [0.2, 0.25) is 0 Å². The lowest BCUT2D eigenvalue weighted by atomic mass is 10.1. The highest BCUT2D eigenvalue weighted by Crippen LogP contribution is 2.30. The van der Waals surface area contributed by atoms with E-state index in [4.69, 9.17) is 25.4 Å².